The van der Waals surface area contributed by atoms with Gasteiger partial charge in [0, 0.05) is 31.8 Å². The summed E-state index contributed by atoms with van der Waals surface area (Å²) < 4.78 is 32.9. The average molecular weight is 455 g/mol. The van der Waals surface area contributed by atoms with E-state index in [1.54, 1.807) is 19.3 Å². The average Bonchev–Trinajstić information content (AvgIpc) is 2.85. The molecular weight excluding hydrogens is 427 g/mol. The molecule has 0 unspecified atom stereocenters. The Morgan fingerprint density at radius 1 is 1.12 bits per heavy atom. The molecule has 0 aromatic carbocycles. The molecule has 1 aliphatic carbocycles. The first-order valence-electron chi connectivity index (χ1n) is 11.3. The SMILES string of the molecule is Cn1c(=O)ccc2ncc(F)c(OCC3CCC(NCc4cc5c(cn4)OCCO5)CC3)c21. The number of hydrogen-bond donors (Lipinski definition) is 1. The van der Waals surface area contributed by atoms with Gasteiger partial charge >= 0.3 is 0 Å². The molecule has 1 aliphatic heterocycles. The van der Waals surface area contributed by atoms with Gasteiger partial charge in [-0.05, 0) is 37.7 Å². The summed E-state index contributed by atoms with van der Waals surface area (Å²) in [7, 11) is 1.60. The first kappa shape index (κ1) is 21.6. The maximum atomic E-state index is 14.5. The van der Waals surface area contributed by atoms with E-state index in [9.17, 15) is 9.18 Å². The van der Waals surface area contributed by atoms with E-state index < -0.39 is 5.82 Å². The van der Waals surface area contributed by atoms with Gasteiger partial charge in [0.05, 0.1) is 30.2 Å². The Balaban J connectivity index is 1.15. The minimum absolute atomic E-state index is 0.102. The van der Waals surface area contributed by atoms with Crippen molar-refractivity contribution in [1.82, 2.24) is 19.9 Å². The van der Waals surface area contributed by atoms with Gasteiger partial charge in [-0.15, -0.1) is 0 Å². The fourth-order valence-electron chi connectivity index (χ4n) is 4.50. The number of nitrogens with zero attached hydrogens (tertiary/aromatic N) is 3. The summed E-state index contributed by atoms with van der Waals surface area (Å²) in [5.41, 5.74) is 1.63. The summed E-state index contributed by atoms with van der Waals surface area (Å²) in [6, 6.07) is 5.35. The lowest BCUT2D eigenvalue weighted by atomic mass is 9.86. The van der Waals surface area contributed by atoms with Gasteiger partial charge in [0.2, 0.25) is 0 Å². The van der Waals surface area contributed by atoms with E-state index >= 15 is 0 Å². The smallest absolute Gasteiger partial charge is 0.250 e. The van der Waals surface area contributed by atoms with Crippen LogP contribution in [0.5, 0.6) is 17.2 Å². The third-order valence-electron chi connectivity index (χ3n) is 6.41. The molecule has 33 heavy (non-hydrogen) atoms. The zero-order valence-corrected chi connectivity index (χ0v) is 18.6. The lowest BCUT2D eigenvalue weighted by molar-refractivity contribution is 0.170. The lowest BCUT2D eigenvalue weighted by Crippen LogP contribution is -2.34. The van der Waals surface area contributed by atoms with Crippen molar-refractivity contribution >= 4 is 11.0 Å². The van der Waals surface area contributed by atoms with Crippen LogP contribution in [-0.4, -0.2) is 40.4 Å². The monoisotopic (exact) mass is 454 g/mol. The molecule has 8 nitrogen and oxygen atoms in total. The Hall–Kier alpha value is -3.20. The highest BCUT2D eigenvalue weighted by Crippen LogP contribution is 2.31. The van der Waals surface area contributed by atoms with Crippen LogP contribution in [0.25, 0.3) is 11.0 Å². The fraction of sp³-hybridized carbons (Fsp3) is 0.458. The predicted octanol–water partition coefficient (Wildman–Crippen LogP) is 2.97. The van der Waals surface area contributed by atoms with Crippen LogP contribution in [0.15, 0.2) is 35.4 Å². The number of rotatable bonds is 6. The molecule has 174 valence electrons. The quantitative estimate of drug-likeness (QED) is 0.613. The van der Waals surface area contributed by atoms with Gasteiger partial charge in [0.25, 0.3) is 5.56 Å². The van der Waals surface area contributed by atoms with Crippen molar-refractivity contribution in [3.8, 4) is 17.2 Å². The van der Waals surface area contributed by atoms with Crippen LogP contribution >= 0.6 is 0 Å². The molecule has 3 aromatic rings. The Labute approximate surface area is 190 Å². The summed E-state index contributed by atoms with van der Waals surface area (Å²) in [5, 5.41) is 3.58. The third-order valence-corrected chi connectivity index (χ3v) is 6.41. The molecule has 0 amide bonds. The van der Waals surface area contributed by atoms with Crippen molar-refractivity contribution in [1.29, 1.82) is 0 Å². The largest absolute Gasteiger partial charge is 0.488 e. The first-order chi connectivity index (χ1) is 16.1. The summed E-state index contributed by atoms with van der Waals surface area (Å²) in [4.78, 5) is 20.5. The molecule has 0 radical (unpaired) electrons. The highest BCUT2D eigenvalue weighted by molar-refractivity contribution is 5.81. The Kier molecular flexibility index (Phi) is 6.13. The summed E-state index contributed by atoms with van der Waals surface area (Å²) in [6.07, 6.45) is 6.85. The third kappa shape index (κ3) is 4.64. The molecule has 0 saturated heterocycles. The molecule has 1 N–H and O–H groups in total. The molecule has 0 bridgehead atoms. The Bertz CT molecular complexity index is 1210. The van der Waals surface area contributed by atoms with Crippen LogP contribution in [0.1, 0.15) is 31.4 Å². The molecule has 5 rings (SSSR count). The van der Waals surface area contributed by atoms with Crippen LogP contribution in [0, 0.1) is 11.7 Å². The number of nitrogens with one attached hydrogen (secondary N) is 1. The van der Waals surface area contributed by atoms with E-state index in [-0.39, 0.29) is 11.3 Å². The van der Waals surface area contributed by atoms with E-state index in [0.717, 1.165) is 43.3 Å². The molecular formula is C24H27FN4O4. The van der Waals surface area contributed by atoms with E-state index in [1.165, 1.54) is 10.6 Å². The minimum atomic E-state index is -0.550. The number of halogens is 1. The highest BCUT2D eigenvalue weighted by atomic mass is 19.1. The van der Waals surface area contributed by atoms with Crippen molar-refractivity contribution in [2.45, 2.75) is 38.3 Å². The zero-order chi connectivity index (χ0) is 22.8. The predicted molar refractivity (Wildman–Crippen MR) is 120 cm³/mol. The van der Waals surface area contributed by atoms with E-state index in [2.05, 4.69) is 15.3 Å². The van der Waals surface area contributed by atoms with Crippen LogP contribution in [0.3, 0.4) is 0 Å². The van der Waals surface area contributed by atoms with Crippen molar-refractivity contribution in [2.24, 2.45) is 13.0 Å². The van der Waals surface area contributed by atoms with Crippen molar-refractivity contribution in [2.75, 3.05) is 19.8 Å². The molecule has 0 atom stereocenters. The summed E-state index contributed by atoms with van der Waals surface area (Å²) in [6.45, 7) is 2.20. The van der Waals surface area contributed by atoms with E-state index in [0.29, 0.717) is 55.1 Å². The second-order valence-electron chi connectivity index (χ2n) is 8.63. The number of fused-ring (bicyclic) bond motifs is 2. The Morgan fingerprint density at radius 3 is 2.73 bits per heavy atom. The Morgan fingerprint density at radius 2 is 1.91 bits per heavy atom. The second kappa shape index (κ2) is 9.35. The van der Waals surface area contributed by atoms with E-state index in [4.69, 9.17) is 14.2 Å². The fourth-order valence-corrected chi connectivity index (χ4v) is 4.50. The minimum Gasteiger partial charge on any atom is -0.488 e. The zero-order valence-electron chi connectivity index (χ0n) is 18.6. The van der Waals surface area contributed by atoms with Gasteiger partial charge in [-0.2, -0.15) is 0 Å². The van der Waals surface area contributed by atoms with Gasteiger partial charge in [-0.1, -0.05) is 0 Å². The van der Waals surface area contributed by atoms with Gasteiger partial charge in [-0.25, -0.2) is 4.39 Å². The van der Waals surface area contributed by atoms with Crippen LogP contribution in [-0.2, 0) is 13.6 Å². The second-order valence-corrected chi connectivity index (χ2v) is 8.63. The number of ether oxygens (including phenoxy) is 3. The summed E-state index contributed by atoms with van der Waals surface area (Å²) in [5.74, 6) is 1.33. The molecule has 2 aliphatic rings. The van der Waals surface area contributed by atoms with Crippen LogP contribution in [0.2, 0.25) is 0 Å². The van der Waals surface area contributed by atoms with Crippen LogP contribution in [0.4, 0.5) is 4.39 Å². The van der Waals surface area contributed by atoms with Crippen molar-refractivity contribution in [3.63, 3.8) is 0 Å². The van der Waals surface area contributed by atoms with E-state index in [1.807, 2.05) is 6.07 Å². The highest BCUT2D eigenvalue weighted by Gasteiger charge is 2.23. The van der Waals surface area contributed by atoms with Gasteiger partial charge in [-0.3, -0.25) is 14.8 Å². The molecule has 1 fully saturated rings. The summed E-state index contributed by atoms with van der Waals surface area (Å²) >= 11 is 0. The molecule has 1 saturated carbocycles. The maximum Gasteiger partial charge on any atom is 0.250 e. The molecule has 0 spiro atoms. The van der Waals surface area contributed by atoms with Gasteiger partial charge in [0.1, 0.15) is 18.7 Å². The topological polar surface area (TPSA) is 87.5 Å². The first-order valence-corrected chi connectivity index (χ1v) is 11.3. The van der Waals surface area contributed by atoms with Gasteiger partial charge < -0.3 is 24.1 Å². The maximum absolute atomic E-state index is 14.5. The molecule has 3 aromatic heterocycles. The number of aryl methyl sites for hydroxylation is 1. The number of aromatic nitrogens is 3. The molecule has 4 heterocycles. The van der Waals surface area contributed by atoms with Crippen molar-refractivity contribution in [3.05, 3.63) is 52.5 Å². The number of hydrogen-bond acceptors (Lipinski definition) is 7. The number of pyridine rings is 3. The van der Waals surface area contributed by atoms with Crippen molar-refractivity contribution < 1.29 is 18.6 Å². The van der Waals surface area contributed by atoms with Gasteiger partial charge in [0.15, 0.2) is 23.1 Å². The molecule has 9 heteroatoms. The normalized spacial score (nSPS) is 20.1. The van der Waals surface area contributed by atoms with Crippen LogP contribution < -0.4 is 25.1 Å². The lowest BCUT2D eigenvalue weighted by Gasteiger charge is -2.29. The standard InChI is InChI=1S/C24H27FN4O4/c1-29-22(30)7-6-19-23(29)24(18(25)12-28-19)33-14-15-2-4-16(5-3-15)26-11-17-10-20-21(13-27-17)32-9-8-31-20/h6-7,10,12-13,15-16,26H,2-5,8-9,11,14H2,1H3.